The summed E-state index contributed by atoms with van der Waals surface area (Å²) in [6.45, 7) is 0.720. The highest BCUT2D eigenvalue weighted by molar-refractivity contribution is 7.20. The summed E-state index contributed by atoms with van der Waals surface area (Å²) in [6, 6.07) is 14.7. The Kier molecular flexibility index (Phi) is 5.18. The average Bonchev–Trinajstić information content (AvgIpc) is 3.42. The van der Waals surface area contributed by atoms with Crippen LogP contribution in [0.2, 0.25) is 0 Å². The first kappa shape index (κ1) is 17.4. The van der Waals surface area contributed by atoms with Crippen molar-refractivity contribution in [3.05, 3.63) is 64.5 Å². The number of rotatable bonds is 6. The van der Waals surface area contributed by atoms with Crippen molar-refractivity contribution in [2.75, 3.05) is 6.54 Å². The average molecular weight is 383 g/mol. The van der Waals surface area contributed by atoms with E-state index in [-0.39, 0.29) is 11.3 Å². The minimum atomic E-state index is 0.0650. The fraction of sp³-hybridized carbons (Fsp3) is 0.333. The van der Waals surface area contributed by atoms with E-state index in [1.54, 1.807) is 22.7 Å². The van der Waals surface area contributed by atoms with Crippen LogP contribution in [0.25, 0.3) is 9.88 Å². The lowest BCUT2D eigenvalue weighted by Gasteiger charge is -2.30. The number of amides is 1. The molecule has 0 atom stereocenters. The van der Waals surface area contributed by atoms with Crippen LogP contribution in [0.15, 0.2) is 53.2 Å². The zero-order valence-electron chi connectivity index (χ0n) is 14.6. The lowest BCUT2D eigenvalue weighted by Crippen LogP contribution is -2.39. The van der Waals surface area contributed by atoms with Crippen LogP contribution in [0, 0.1) is 0 Å². The molecule has 1 aromatic carbocycles. The van der Waals surface area contributed by atoms with Crippen LogP contribution in [-0.2, 0) is 16.6 Å². The number of hydrogen-bond donors (Lipinski definition) is 1. The maximum Gasteiger partial charge on any atom is 0.226 e. The van der Waals surface area contributed by atoms with Gasteiger partial charge in [-0.3, -0.25) is 4.79 Å². The van der Waals surface area contributed by atoms with E-state index in [9.17, 15) is 4.79 Å². The van der Waals surface area contributed by atoms with Crippen LogP contribution in [-0.4, -0.2) is 17.4 Å². The number of carbonyl (C=O) groups is 1. The monoisotopic (exact) mass is 382 g/mol. The van der Waals surface area contributed by atoms with E-state index in [2.05, 4.69) is 46.7 Å². The Bertz CT molecular complexity index is 849. The van der Waals surface area contributed by atoms with Crippen molar-refractivity contribution in [3.8, 4) is 9.88 Å². The van der Waals surface area contributed by atoms with Gasteiger partial charge >= 0.3 is 0 Å². The third kappa shape index (κ3) is 3.74. The highest BCUT2D eigenvalue weighted by Crippen LogP contribution is 2.40. The molecule has 2 aromatic heterocycles. The lowest BCUT2D eigenvalue weighted by atomic mass is 9.79. The van der Waals surface area contributed by atoms with E-state index in [4.69, 9.17) is 0 Å². The third-order valence-electron chi connectivity index (χ3n) is 5.20. The fourth-order valence-corrected chi connectivity index (χ4v) is 5.44. The predicted octanol–water partition coefficient (Wildman–Crippen LogP) is 5.04. The molecule has 0 spiro atoms. The molecule has 2 heterocycles. The second-order valence-electron chi connectivity index (χ2n) is 6.93. The predicted molar refractivity (Wildman–Crippen MR) is 109 cm³/mol. The standard InChI is InChI=1S/C21H22N2OS2/c24-19(13-17-14-26-20(23-17)18-9-6-12-25-18)22-15-21(10-4-5-11-21)16-7-2-1-3-8-16/h1-3,6-9,12,14H,4-5,10-11,13,15H2,(H,22,24). The molecule has 1 aliphatic rings. The van der Waals surface area contributed by atoms with Gasteiger partial charge in [-0.25, -0.2) is 4.98 Å². The molecule has 3 aromatic rings. The van der Waals surface area contributed by atoms with Crippen molar-refractivity contribution in [2.24, 2.45) is 0 Å². The van der Waals surface area contributed by atoms with Gasteiger partial charge in [0.1, 0.15) is 5.01 Å². The molecule has 1 aliphatic carbocycles. The third-order valence-corrected chi connectivity index (χ3v) is 7.13. The summed E-state index contributed by atoms with van der Waals surface area (Å²) in [5.74, 6) is 0.0650. The number of carbonyl (C=O) groups excluding carboxylic acids is 1. The van der Waals surface area contributed by atoms with Crippen molar-refractivity contribution in [1.29, 1.82) is 0 Å². The van der Waals surface area contributed by atoms with Crippen molar-refractivity contribution in [3.63, 3.8) is 0 Å². The molecular weight excluding hydrogens is 360 g/mol. The molecule has 3 nitrogen and oxygen atoms in total. The van der Waals surface area contributed by atoms with Gasteiger partial charge in [0.25, 0.3) is 0 Å². The Balaban J connectivity index is 1.39. The quantitative estimate of drug-likeness (QED) is 0.649. The summed E-state index contributed by atoms with van der Waals surface area (Å²) in [5, 5.41) is 8.23. The van der Waals surface area contributed by atoms with E-state index < -0.39 is 0 Å². The van der Waals surface area contributed by atoms with E-state index in [1.807, 2.05) is 16.8 Å². The molecule has 1 fully saturated rings. The van der Waals surface area contributed by atoms with Crippen LogP contribution in [0.3, 0.4) is 0 Å². The maximum atomic E-state index is 12.5. The molecule has 4 rings (SSSR count). The van der Waals surface area contributed by atoms with Crippen molar-refractivity contribution < 1.29 is 4.79 Å². The second kappa shape index (κ2) is 7.72. The lowest BCUT2D eigenvalue weighted by molar-refractivity contribution is -0.120. The topological polar surface area (TPSA) is 42.0 Å². The molecule has 26 heavy (non-hydrogen) atoms. The van der Waals surface area contributed by atoms with Gasteiger partial charge in [-0.15, -0.1) is 22.7 Å². The van der Waals surface area contributed by atoms with Gasteiger partial charge < -0.3 is 5.32 Å². The highest BCUT2D eigenvalue weighted by atomic mass is 32.1. The van der Waals surface area contributed by atoms with Crippen molar-refractivity contribution in [2.45, 2.75) is 37.5 Å². The van der Waals surface area contributed by atoms with Gasteiger partial charge in [0.15, 0.2) is 0 Å². The smallest absolute Gasteiger partial charge is 0.226 e. The van der Waals surface area contributed by atoms with Gasteiger partial charge in [-0.2, -0.15) is 0 Å². The van der Waals surface area contributed by atoms with Gasteiger partial charge in [0, 0.05) is 17.3 Å². The summed E-state index contributed by atoms with van der Waals surface area (Å²) < 4.78 is 0. The number of benzene rings is 1. The molecule has 1 N–H and O–H groups in total. The molecule has 1 saturated carbocycles. The Morgan fingerprint density at radius 3 is 2.62 bits per heavy atom. The number of thiazole rings is 1. The normalized spacial score (nSPS) is 15.8. The van der Waals surface area contributed by atoms with Gasteiger partial charge in [-0.05, 0) is 29.9 Å². The van der Waals surface area contributed by atoms with Crippen LogP contribution >= 0.6 is 22.7 Å². The van der Waals surface area contributed by atoms with Crippen LogP contribution in [0.1, 0.15) is 36.9 Å². The zero-order chi connectivity index (χ0) is 17.8. The maximum absolute atomic E-state index is 12.5. The van der Waals surface area contributed by atoms with Crippen LogP contribution in [0.5, 0.6) is 0 Å². The van der Waals surface area contributed by atoms with Crippen molar-refractivity contribution in [1.82, 2.24) is 10.3 Å². The summed E-state index contributed by atoms with van der Waals surface area (Å²) in [5.41, 5.74) is 2.31. The van der Waals surface area contributed by atoms with Gasteiger partial charge in [-0.1, -0.05) is 49.2 Å². The largest absolute Gasteiger partial charge is 0.355 e. The second-order valence-corrected chi connectivity index (χ2v) is 8.73. The number of aromatic nitrogens is 1. The Hall–Kier alpha value is -1.98. The molecule has 0 radical (unpaired) electrons. The van der Waals surface area contributed by atoms with E-state index in [1.165, 1.54) is 18.4 Å². The number of nitrogens with zero attached hydrogens (tertiary/aromatic N) is 1. The van der Waals surface area contributed by atoms with E-state index in [0.717, 1.165) is 35.0 Å². The fourth-order valence-electron chi connectivity index (χ4n) is 3.81. The van der Waals surface area contributed by atoms with E-state index in [0.29, 0.717) is 6.42 Å². The molecule has 0 saturated heterocycles. The van der Waals surface area contributed by atoms with Gasteiger partial charge in [0.2, 0.25) is 5.91 Å². The van der Waals surface area contributed by atoms with Crippen LogP contribution < -0.4 is 5.32 Å². The molecule has 0 bridgehead atoms. The molecule has 1 amide bonds. The van der Waals surface area contributed by atoms with Gasteiger partial charge in [0.05, 0.1) is 17.0 Å². The SMILES string of the molecule is O=C(Cc1csc(-c2cccs2)n1)NCC1(c2ccccc2)CCCC1. The minimum Gasteiger partial charge on any atom is -0.355 e. The van der Waals surface area contributed by atoms with Crippen molar-refractivity contribution >= 4 is 28.6 Å². The first-order valence-electron chi connectivity index (χ1n) is 9.06. The molecule has 134 valence electrons. The first-order valence-corrected chi connectivity index (χ1v) is 10.8. The van der Waals surface area contributed by atoms with Crippen LogP contribution in [0.4, 0.5) is 0 Å². The number of hydrogen-bond acceptors (Lipinski definition) is 4. The molecule has 5 heteroatoms. The summed E-state index contributed by atoms with van der Waals surface area (Å²) in [7, 11) is 0. The molecule has 0 aliphatic heterocycles. The minimum absolute atomic E-state index is 0.0650. The highest BCUT2D eigenvalue weighted by Gasteiger charge is 2.35. The molecule has 0 unspecified atom stereocenters. The zero-order valence-corrected chi connectivity index (χ0v) is 16.2. The summed E-state index contributed by atoms with van der Waals surface area (Å²) >= 11 is 3.29. The number of nitrogens with one attached hydrogen (secondary N) is 1. The summed E-state index contributed by atoms with van der Waals surface area (Å²) in [4.78, 5) is 18.3. The first-order chi connectivity index (χ1) is 12.8. The Labute approximate surface area is 162 Å². The molecular formula is C21H22N2OS2. The number of thiophene rings is 1. The Morgan fingerprint density at radius 1 is 1.08 bits per heavy atom. The summed E-state index contributed by atoms with van der Waals surface area (Å²) in [6.07, 6.45) is 5.13. The Morgan fingerprint density at radius 2 is 1.88 bits per heavy atom. The van der Waals surface area contributed by atoms with E-state index >= 15 is 0 Å².